The third kappa shape index (κ3) is 3.56. The number of ether oxygens (including phenoxy) is 2. The van der Waals surface area contributed by atoms with Crippen molar-refractivity contribution >= 4 is 0 Å². The summed E-state index contributed by atoms with van der Waals surface area (Å²) in [7, 11) is 1.61. The Morgan fingerprint density at radius 2 is 1.80 bits per heavy atom. The second-order valence-corrected chi connectivity index (χ2v) is 4.43. The van der Waals surface area contributed by atoms with Gasteiger partial charge in [0.25, 0.3) is 0 Å². The van der Waals surface area contributed by atoms with Gasteiger partial charge in [-0.05, 0) is 23.8 Å². The lowest BCUT2D eigenvalue weighted by molar-refractivity contribution is 0.103. The van der Waals surface area contributed by atoms with Crippen molar-refractivity contribution in [1.29, 1.82) is 0 Å². The van der Waals surface area contributed by atoms with Crippen LogP contribution in [0, 0.1) is 5.82 Å². The monoisotopic (exact) mass is 275 g/mol. The van der Waals surface area contributed by atoms with Gasteiger partial charge in [-0.15, -0.1) is 0 Å². The van der Waals surface area contributed by atoms with Crippen LogP contribution in [0.4, 0.5) is 4.39 Å². The van der Waals surface area contributed by atoms with Crippen LogP contribution in [-0.4, -0.2) is 7.11 Å². The second kappa shape index (κ2) is 7.03. The first kappa shape index (κ1) is 14.5. The maximum atomic E-state index is 13.5. The van der Waals surface area contributed by atoms with E-state index in [1.54, 1.807) is 25.3 Å². The van der Waals surface area contributed by atoms with Crippen LogP contribution < -0.4 is 10.5 Å². The third-order valence-electron chi connectivity index (χ3n) is 3.05. The van der Waals surface area contributed by atoms with E-state index >= 15 is 0 Å². The second-order valence-electron chi connectivity index (χ2n) is 4.43. The smallest absolute Gasteiger partial charge is 0.128 e. The minimum Gasteiger partial charge on any atom is -0.496 e. The molecule has 2 aromatic rings. The molecular weight excluding hydrogens is 257 g/mol. The summed E-state index contributed by atoms with van der Waals surface area (Å²) in [5.74, 6) is 0.492. The van der Waals surface area contributed by atoms with E-state index in [4.69, 9.17) is 15.2 Å². The highest BCUT2D eigenvalue weighted by atomic mass is 19.1. The molecule has 0 unspecified atom stereocenters. The normalized spacial score (nSPS) is 10.6. The maximum Gasteiger partial charge on any atom is 0.128 e. The van der Waals surface area contributed by atoms with Crippen molar-refractivity contribution < 1.29 is 13.9 Å². The SMILES string of the molecule is COc1ccc(CN)cc1COCc1ccccc1F. The van der Waals surface area contributed by atoms with Gasteiger partial charge in [-0.25, -0.2) is 4.39 Å². The Hall–Kier alpha value is -1.91. The van der Waals surface area contributed by atoms with Gasteiger partial charge < -0.3 is 15.2 Å². The highest BCUT2D eigenvalue weighted by Gasteiger charge is 2.06. The standard InChI is InChI=1S/C16H18FNO2/c1-19-16-7-6-12(9-18)8-14(16)11-20-10-13-4-2-3-5-15(13)17/h2-8H,9-11,18H2,1H3. The fourth-order valence-electron chi connectivity index (χ4n) is 1.96. The predicted octanol–water partition coefficient (Wildman–Crippen LogP) is 3.01. The number of hydrogen-bond acceptors (Lipinski definition) is 3. The molecule has 0 aliphatic rings. The zero-order valence-electron chi connectivity index (χ0n) is 11.4. The van der Waals surface area contributed by atoms with E-state index in [0.717, 1.165) is 16.9 Å². The summed E-state index contributed by atoms with van der Waals surface area (Å²) in [5.41, 5.74) is 8.08. The van der Waals surface area contributed by atoms with Crippen molar-refractivity contribution in [3.05, 3.63) is 65.0 Å². The van der Waals surface area contributed by atoms with Crippen LogP contribution in [0.2, 0.25) is 0 Å². The van der Waals surface area contributed by atoms with E-state index in [9.17, 15) is 4.39 Å². The average molecular weight is 275 g/mol. The molecule has 4 heteroatoms. The van der Waals surface area contributed by atoms with E-state index in [-0.39, 0.29) is 12.4 Å². The molecule has 2 N–H and O–H groups in total. The van der Waals surface area contributed by atoms with Crippen LogP contribution in [0.25, 0.3) is 0 Å². The molecule has 2 rings (SSSR count). The Kier molecular flexibility index (Phi) is 5.09. The van der Waals surface area contributed by atoms with Crippen molar-refractivity contribution in [1.82, 2.24) is 0 Å². The van der Waals surface area contributed by atoms with Gasteiger partial charge in [0.1, 0.15) is 11.6 Å². The minimum absolute atomic E-state index is 0.225. The van der Waals surface area contributed by atoms with Gasteiger partial charge in [0.2, 0.25) is 0 Å². The van der Waals surface area contributed by atoms with Crippen molar-refractivity contribution in [3.8, 4) is 5.75 Å². The zero-order chi connectivity index (χ0) is 14.4. The molecule has 0 saturated carbocycles. The number of methoxy groups -OCH3 is 1. The van der Waals surface area contributed by atoms with Gasteiger partial charge in [-0.2, -0.15) is 0 Å². The zero-order valence-corrected chi connectivity index (χ0v) is 11.4. The molecule has 0 atom stereocenters. The highest BCUT2D eigenvalue weighted by Crippen LogP contribution is 2.21. The van der Waals surface area contributed by atoms with Crippen molar-refractivity contribution in [3.63, 3.8) is 0 Å². The summed E-state index contributed by atoms with van der Waals surface area (Å²) in [6, 6.07) is 12.3. The first-order chi connectivity index (χ1) is 9.74. The topological polar surface area (TPSA) is 44.5 Å². The maximum absolute atomic E-state index is 13.5. The molecule has 0 fully saturated rings. The van der Waals surface area contributed by atoms with Crippen LogP contribution in [0.5, 0.6) is 5.75 Å². The number of benzene rings is 2. The molecule has 0 aliphatic heterocycles. The third-order valence-corrected chi connectivity index (χ3v) is 3.05. The summed E-state index contributed by atoms with van der Waals surface area (Å²) in [5, 5.41) is 0. The Morgan fingerprint density at radius 1 is 1.05 bits per heavy atom. The fourth-order valence-corrected chi connectivity index (χ4v) is 1.96. The molecule has 0 aliphatic carbocycles. The molecular formula is C16H18FNO2. The van der Waals surface area contributed by atoms with E-state index in [0.29, 0.717) is 18.7 Å². The Balaban J connectivity index is 2.02. The Bertz CT molecular complexity index is 572. The lowest BCUT2D eigenvalue weighted by atomic mass is 10.1. The summed E-state index contributed by atoms with van der Waals surface area (Å²) in [6.45, 7) is 1.04. The Morgan fingerprint density at radius 3 is 2.50 bits per heavy atom. The number of halogens is 1. The summed E-state index contributed by atoms with van der Waals surface area (Å²) < 4.78 is 24.3. The van der Waals surface area contributed by atoms with Gasteiger partial charge in [0.15, 0.2) is 0 Å². The van der Waals surface area contributed by atoms with Crippen LogP contribution in [0.1, 0.15) is 16.7 Å². The summed E-state index contributed by atoms with van der Waals surface area (Å²) in [4.78, 5) is 0. The lowest BCUT2D eigenvalue weighted by Gasteiger charge is -2.11. The van der Waals surface area contributed by atoms with Crippen molar-refractivity contribution in [2.24, 2.45) is 5.73 Å². The molecule has 2 aromatic carbocycles. The van der Waals surface area contributed by atoms with Crippen LogP contribution in [0.3, 0.4) is 0 Å². The van der Waals surface area contributed by atoms with Crippen LogP contribution >= 0.6 is 0 Å². The van der Waals surface area contributed by atoms with E-state index < -0.39 is 0 Å². The molecule has 106 valence electrons. The quantitative estimate of drug-likeness (QED) is 0.881. The van der Waals surface area contributed by atoms with Gasteiger partial charge in [-0.3, -0.25) is 0 Å². The first-order valence-corrected chi connectivity index (χ1v) is 6.41. The first-order valence-electron chi connectivity index (χ1n) is 6.41. The molecule has 0 amide bonds. The summed E-state index contributed by atoms with van der Waals surface area (Å²) >= 11 is 0. The predicted molar refractivity (Wildman–Crippen MR) is 75.8 cm³/mol. The Labute approximate surface area is 118 Å². The molecule has 20 heavy (non-hydrogen) atoms. The molecule has 0 bridgehead atoms. The number of nitrogens with two attached hydrogens (primary N) is 1. The molecule has 0 saturated heterocycles. The largest absolute Gasteiger partial charge is 0.496 e. The van der Waals surface area contributed by atoms with Gasteiger partial charge >= 0.3 is 0 Å². The highest BCUT2D eigenvalue weighted by molar-refractivity contribution is 5.36. The van der Waals surface area contributed by atoms with Crippen molar-refractivity contribution in [2.45, 2.75) is 19.8 Å². The van der Waals surface area contributed by atoms with Gasteiger partial charge in [0.05, 0.1) is 20.3 Å². The molecule has 0 radical (unpaired) electrons. The molecule has 0 spiro atoms. The van der Waals surface area contributed by atoms with Crippen LogP contribution in [-0.2, 0) is 24.5 Å². The average Bonchev–Trinajstić information content (AvgIpc) is 2.49. The molecule has 0 aromatic heterocycles. The van der Waals surface area contributed by atoms with Gasteiger partial charge in [-0.1, -0.05) is 24.3 Å². The molecule has 3 nitrogen and oxygen atoms in total. The van der Waals surface area contributed by atoms with E-state index in [2.05, 4.69) is 0 Å². The number of rotatable bonds is 6. The van der Waals surface area contributed by atoms with E-state index in [1.807, 2.05) is 18.2 Å². The van der Waals surface area contributed by atoms with Crippen molar-refractivity contribution in [2.75, 3.05) is 7.11 Å². The minimum atomic E-state index is -0.254. The van der Waals surface area contributed by atoms with Gasteiger partial charge in [0, 0.05) is 17.7 Å². The summed E-state index contributed by atoms with van der Waals surface area (Å²) in [6.07, 6.45) is 0. The lowest BCUT2D eigenvalue weighted by Crippen LogP contribution is -2.02. The molecule has 0 heterocycles. The number of hydrogen-bond donors (Lipinski definition) is 1. The van der Waals surface area contributed by atoms with Crippen LogP contribution in [0.15, 0.2) is 42.5 Å². The van der Waals surface area contributed by atoms with E-state index in [1.165, 1.54) is 6.07 Å². The fraction of sp³-hybridized carbons (Fsp3) is 0.250.